The lowest BCUT2D eigenvalue weighted by Crippen LogP contribution is -2.30. The van der Waals surface area contributed by atoms with E-state index in [1.165, 1.54) is 5.56 Å². The molecular weight excluding hydrogens is 270 g/mol. The summed E-state index contributed by atoms with van der Waals surface area (Å²) in [6, 6.07) is 6.13. The van der Waals surface area contributed by atoms with Crippen molar-refractivity contribution in [3.8, 4) is 0 Å². The van der Waals surface area contributed by atoms with E-state index in [1.54, 1.807) is 0 Å². The molecule has 1 atom stereocenters. The van der Waals surface area contributed by atoms with E-state index in [2.05, 4.69) is 30.4 Å². The lowest BCUT2D eigenvalue weighted by molar-refractivity contribution is 0.544. The number of hydrogen-bond donors (Lipinski definition) is 1. The van der Waals surface area contributed by atoms with E-state index in [4.69, 9.17) is 0 Å². The quantitative estimate of drug-likeness (QED) is 0.801. The third-order valence-corrected chi connectivity index (χ3v) is 5.26. The van der Waals surface area contributed by atoms with Crippen molar-refractivity contribution in [3.05, 3.63) is 34.9 Å². The van der Waals surface area contributed by atoms with Crippen LogP contribution in [0, 0.1) is 13.8 Å². The average molecular weight is 297 g/mol. The van der Waals surface area contributed by atoms with Gasteiger partial charge in [-0.25, -0.2) is 8.42 Å². The second kappa shape index (κ2) is 7.79. The summed E-state index contributed by atoms with van der Waals surface area (Å²) in [5, 5.41) is 3.39. The Morgan fingerprint density at radius 2 is 1.85 bits per heavy atom. The molecule has 0 saturated heterocycles. The van der Waals surface area contributed by atoms with Crippen LogP contribution in [0.2, 0.25) is 0 Å². The molecule has 114 valence electrons. The summed E-state index contributed by atoms with van der Waals surface area (Å²) in [7, 11) is -3.00. The van der Waals surface area contributed by atoms with E-state index < -0.39 is 9.84 Å². The Hall–Kier alpha value is -0.870. The molecule has 0 aliphatic heterocycles. The van der Waals surface area contributed by atoms with Crippen LogP contribution in [-0.4, -0.2) is 26.5 Å². The van der Waals surface area contributed by atoms with Gasteiger partial charge >= 0.3 is 0 Å². The van der Waals surface area contributed by atoms with E-state index in [0.717, 1.165) is 24.1 Å². The molecule has 1 N–H and O–H groups in total. The number of benzene rings is 1. The zero-order valence-corrected chi connectivity index (χ0v) is 13.9. The van der Waals surface area contributed by atoms with E-state index in [1.807, 2.05) is 20.8 Å². The fourth-order valence-corrected chi connectivity index (χ4v) is 3.95. The fraction of sp³-hybridized carbons (Fsp3) is 0.625. The highest BCUT2D eigenvalue weighted by molar-refractivity contribution is 7.91. The largest absolute Gasteiger partial charge is 0.309 e. The number of aryl methyl sites for hydroxylation is 2. The van der Waals surface area contributed by atoms with Crippen molar-refractivity contribution in [1.29, 1.82) is 0 Å². The molecule has 0 aromatic heterocycles. The first kappa shape index (κ1) is 17.2. The Balaban J connectivity index is 3.02. The molecule has 0 heterocycles. The van der Waals surface area contributed by atoms with Gasteiger partial charge in [0.25, 0.3) is 0 Å². The van der Waals surface area contributed by atoms with E-state index in [0.29, 0.717) is 6.42 Å². The van der Waals surface area contributed by atoms with Crippen LogP contribution in [0.1, 0.15) is 49.4 Å². The molecule has 0 radical (unpaired) electrons. The topological polar surface area (TPSA) is 46.2 Å². The average Bonchev–Trinajstić information content (AvgIpc) is 2.37. The number of sulfone groups is 1. The molecule has 0 amide bonds. The Kier molecular flexibility index (Phi) is 6.69. The SMILES string of the molecule is CCCNC(CS(=O)(=O)CCC)c1cc(C)ccc1C. The molecule has 0 aliphatic carbocycles. The minimum absolute atomic E-state index is 0.105. The van der Waals surface area contributed by atoms with Crippen LogP contribution < -0.4 is 5.32 Å². The Morgan fingerprint density at radius 3 is 2.45 bits per heavy atom. The van der Waals surface area contributed by atoms with Gasteiger partial charge in [0.05, 0.1) is 5.75 Å². The zero-order valence-electron chi connectivity index (χ0n) is 13.1. The van der Waals surface area contributed by atoms with Crippen LogP contribution in [-0.2, 0) is 9.84 Å². The first-order valence-electron chi connectivity index (χ1n) is 7.40. The van der Waals surface area contributed by atoms with Crippen molar-refractivity contribution in [2.24, 2.45) is 0 Å². The van der Waals surface area contributed by atoms with Crippen molar-refractivity contribution in [2.45, 2.75) is 46.6 Å². The van der Waals surface area contributed by atoms with Gasteiger partial charge in [-0.2, -0.15) is 0 Å². The van der Waals surface area contributed by atoms with Gasteiger partial charge in [-0.15, -0.1) is 0 Å². The highest BCUT2D eigenvalue weighted by Gasteiger charge is 2.21. The fourth-order valence-electron chi connectivity index (χ4n) is 2.36. The number of nitrogens with one attached hydrogen (secondary N) is 1. The zero-order chi connectivity index (χ0) is 15.2. The highest BCUT2D eigenvalue weighted by Crippen LogP contribution is 2.21. The maximum atomic E-state index is 12.1. The summed E-state index contributed by atoms with van der Waals surface area (Å²) < 4.78 is 24.3. The minimum atomic E-state index is -3.00. The summed E-state index contributed by atoms with van der Waals surface area (Å²) in [5.41, 5.74) is 3.43. The first-order valence-corrected chi connectivity index (χ1v) is 9.22. The van der Waals surface area contributed by atoms with Gasteiger partial charge in [0, 0.05) is 11.8 Å². The van der Waals surface area contributed by atoms with E-state index >= 15 is 0 Å². The number of rotatable bonds is 8. The number of hydrogen-bond acceptors (Lipinski definition) is 3. The summed E-state index contributed by atoms with van der Waals surface area (Å²) in [6.07, 6.45) is 1.67. The van der Waals surface area contributed by atoms with Gasteiger partial charge in [0.2, 0.25) is 0 Å². The summed E-state index contributed by atoms with van der Waals surface area (Å²) in [6.45, 7) is 8.92. The molecule has 1 rings (SSSR count). The lowest BCUT2D eigenvalue weighted by atomic mass is 10.00. The van der Waals surface area contributed by atoms with Crippen LogP contribution >= 0.6 is 0 Å². The Morgan fingerprint density at radius 1 is 1.15 bits per heavy atom. The van der Waals surface area contributed by atoms with Gasteiger partial charge in [-0.05, 0) is 44.4 Å². The molecule has 0 bridgehead atoms. The van der Waals surface area contributed by atoms with Crippen LogP contribution in [0.25, 0.3) is 0 Å². The normalized spacial score (nSPS) is 13.4. The van der Waals surface area contributed by atoms with Gasteiger partial charge < -0.3 is 5.32 Å². The van der Waals surface area contributed by atoms with Gasteiger partial charge in [-0.1, -0.05) is 37.6 Å². The van der Waals surface area contributed by atoms with Crippen molar-refractivity contribution in [2.75, 3.05) is 18.1 Å². The molecule has 1 unspecified atom stereocenters. The Bertz CT molecular complexity index is 523. The van der Waals surface area contributed by atoms with Crippen molar-refractivity contribution >= 4 is 9.84 Å². The van der Waals surface area contributed by atoms with Crippen LogP contribution in [0.3, 0.4) is 0 Å². The minimum Gasteiger partial charge on any atom is -0.309 e. The van der Waals surface area contributed by atoms with Crippen molar-refractivity contribution in [1.82, 2.24) is 5.32 Å². The molecule has 0 spiro atoms. The van der Waals surface area contributed by atoms with Crippen molar-refractivity contribution < 1.29 is 8.42 Å². The molecule has 20 heavy (non-hydrogen) atoms. The summed E-state index contributed by atoms with van der Waals surface area (Å²) >= 11 is 0. The third-order valence-electron chi connectivity index (χ3n) is 3.39. The molecule has 0 saturated carbocycles. The van der Waals surface area contributed by atoms with Gasteiger partial charge in [0.1, 0.15) is 0 Å². The summed E-state index contributed by atoms with van der Waals surface area (Å²) in [5.74, 6) is 0.452. The monoisotopic (exact) mass is 297 g/mol. The highest BCUT2D eigenvalue weighted by atomic mass is 32.2. The third kappa shape index (κ3) is 5.25. The standard InChI is InChI=1S/C16H27NO2S/c1-5-9-17-16(12-20(18,19)10-6-2)15-11-13(3)7-8-14(15)4/h7-8,11,16-17H,5-6,9-10,12H2,1-4H3. The van der Waals surface area contributed by atoms with Crippen LogP contribution in [0.15, 0.2) is 18.2 Å². The molecule has 3 nitrogen and oxygen atoms in total. The molecule has 1 aromatic carbocycles. The van der Waals surface area contributed by atoms with E-state index in [9.17, 15) is 8.42 Å². The maximum absolute atomic E-state index is 12.1. The van der Waals surface area contributed by atoms with Gasteiger partial charge in [0.15, 0.2) is 9.84 Å². The van der Waals surface area contributed by atoms with E-state index in [-0.39, 0.29) is 17.5 Å². The predicted molar refractivity (Wildman–Crippen MR) is 85.9 cm³/mol. The molecule has 0 aliphatic rings. The second-order valence-electron chi connectivity index (χ2n) is 5.48. The van der Waals surface area contributed by atoms with Crippen molar-refractivity contribution in [3.63, 3.8) is 0 Å². The molecule has 4 heteroatoms. The lowest BCUT2D eigenvalue weighted by Gasteiger charge is -2.21. The summed E-state index contributed by atoms with van der Waals surface area (Å²) in [4.78, 5) is 0. The Labute approximate surface area is 123 Å². The predicted octanol–water partition coefficient (Wildman–Crippen LogP) is 3.17. The second-order valence-corrected chi connectivity index (χ2v) is 7.71. The molecular formula is C16H27NO2S. The smallest absolute Gasteiger partial charge is 0.152 e. The van der Waals surface area contributed by atoms with Gasteiger partial charge in [-0.3, -0.25) is 0 Å². The maximum Gasteiger partial charge on any atom is 0.152 e. The molecule has 0 fully saturated rings. The molecule has 1 aromatic rings. The first-order chi connectivity index (χ1) is 9.39. The van der Waals surface area contributed by atoms with Crippen LogP contribution in [0.4, 0.5) is 0 Å². The van der Waals surface area contributed by atoms with Crippen LogP contribution in [0.5, 0.6) is 0 Å².